The van der Waals surface area contributed by atoms with Gasteiger partial charge in [0.25, 0.3) is 0 Å². The molecule has 9 rings (SSSR count). The Hall–Kier alpha value is -1.59. The second-order valence-electron chi connectivity index (χ2n) is 26.3. The molecule has 0 aromatic heterocycles. The molecule has 28 atom stereocenters. The lowest BCUT2D eigenvalue weighted by Gasteiger charge is -2.71. The van der Waals surface area contributed by atoms with Crippen LogP contribution in [0, 0.1) is 50.2 Å². The third-order valence-corrected chi connectivity index (χ3v) is 21.4. The van der Waals surface area contributed by atoms with E-state index in [-0.39, 0.29) is 45.5 Å². The van der Waals surface area contributed by atoms with Crippen LogP contribution in [0.3, 0.4) is 0 Å². The van der Waals surface area contributed by atoms with Gasteiger partial charge in [-0.3, -0.25) is 4.79 Å². The highest BCUT2D eigenvalue weighted by Gasteiger charge is 2.70. The maximum Gasteiger partial charge on any atom is 0.315 e. The lowest BCUT2D eigenvalue weighted by molar-refractivity contribution is -0.366. The van der Waals surface area contributed by atoms with E-state index in [4.69, 9.17) is 37.9 Å². The highest BCUT2D eigenvalue weighted by atomic mass is 16.8. The molecule has 4 aliphatic heterocycles. The van der Waals surface area contributed by atoms with E-state index >= 15 is 4.79 Å². The van der Waals surface area contributed by atoms with Crippen LogP contribution in [0.15, 0.2) is 11.6 Å². The summed E-state index contributed by atoms with van der Waals surface area (Å²) in [5.74, 6) is -0.480. The monoisotopic (exact) mass is 1090 g/mol. The molecule has 5 aliphatic carbocycles. The van der Waals surface area contributed by atoms with Crippen LogP contribution in [-0.4, -0.2) is 221 Å². The number of carbonyl (C=O) groups excluding carboxylic acids is 1. The lowest BCUT2D eigenvalue weighted by atomic mass is 9.33. The summed E-state index contributed by atoms with van der Waals surface area (Å²) < 4.78 is 48.1. The van der Waals surface area contributed by atoms with E-state index in [1.165, 1.54) is 12.5 Å². The van der Waals surface area contributed by atoms with Crippen molar-refractivity contribution in [2.24, 2.45) is 50.2 Å². The Bertz CT molecular complexity index is 2090. The van der Waals surface area contributed by atoms with Crippen LogP contribution in [0.25, 0.3) is 0 Å². The Morgan fingerprint density at radius 2 is 1.13 bits per heavy atom. The number of hydrogen-bond acceptors (Lipinski definition) is 22. The first-order valence-corrected chi connectivity index (χ1v) is 27.7. The molecule has 436 valence electrons. The van der Waals surface area contributed by atoms with E-state index in [0.29, 0.717) is 38.5 Å². The van der Waals surface area contributed by atoms with Crippen molar-refractivity contribution in [3.8, 4) is 0 Å². The van der Waals surface area contributed by atoms with Gasteiger partial charge in [-0.2, -0.15) is 0 Å². The molecule has 4 saturated carbocycles. The summed E-state index contributed by atoms with van der Waals surface area (Å²) in [6.45, 7) is 15.5. The quantitative estimate of drug-likeness (QED) is 0.0670. The summed E-state index contributed by atoms with van der Waals surface area (Å²) in [4.78, 5) is 15.6. The Morgan fingerprint density at radius 1 is 0.579 bits per heavy atom. The standard InChI is InChI=1S/C54H88O22/c1-23-32(57)36(61)41(66)45(70-23)75-43-39(64)35(60)28(22-69-44-40(65)37(62)33(58)26(20-55)71-44)73-47(43)76-48(68)54-17-15-49(2,3)19-25(54)24-9-10-30-51(6)13-12-31(74-46-42(67)38(63)34(59)27(21-56)72-46)50(4,5)29(51)11-14-53(30,8)52(24,7)16-18-54/h9,23,25-47,55-67H,10-22H2,1-8H3/t23-,25+,26+,27-,28+,29+,30-,31+,32-,33+,34-,35+,36+,37-,38+,39-,40+,41+,42-,43+,44+,45-,46+,47-,51+,52-,53-,54+/m1/s1. The third kappa shape index (κ3) is 9.57. The van der Waals surface area contributed by atoms with Gasteiger partial charge < -0.3 is 104 Å². The first kappa shape index (κ1) is 59.0. The van der Waals surface area contributed by atoms with Crippen LogP contribution in [-0.2, 0) is 42.7 Å². The highest BCUT2D eigenvalue weighted by Crippen LogP contribution is 2.76. The molecule has 0 radical (unpaired) electrons. The van der Waals surface area contributed by atoms with E-state index in [2.05, 4.69) is 54.5 Å². The minimum absolute atomic E-state index is 0.153. The second kappa shape index (κ2) is 21.3. The Labute approximate surface area is 444 Å². The molecule has 0 amide bonds. The smallest absolute Gasteiger partial charge is 0.315 e. The van der Waals surface area contributed by atoms with E-state index in [1.807, 2.05) is 0 Å². The van der Waals surface area contributed by atoms with Crippen LogP contribution in [0.5, 0.6) is 0 Å². The fourth-order valence-corrected chi connectivity index (χ4v) is 16.4. The van der Waals surface area contributed by atoms with Crippen LogP contribution >= 0.6 is 0 Å². The molecular formula is C54H88O22. The molecule has 9 aliphatic rings. The zero-order chi connectivity index (χ0) is 55.6. The van der Waals surface area contributed by atoms with Gasteiger partial charge in [-0.15, -0.1) is 0 Å². The van der Waals surface area contributed by atoms with Crippen molar-refractivity contribution in [1.29, 1.82) is 0 Å². The van der Waals surface area contributed by atoms with Crippen molar-refractivity contribution in [2.45, 2.75) is 249 Å². The fraction of sp³-hybridized carbons (Fsp3) is 0.944. The van der Waals surface area contributed by atoms with Gasteiger partial charge >= 0.3 is 5.97 Å². The number of aliphatic hydroxyl groups is 13. The zero-order valence-electron chi connectivity index (χ0n) is 45.1. The molecule has 0 bridgehead atoms. The molecule has 8 fully saturated rings. The first-order valence-electron chi connectivity index (χ1n) is 27.7. The number of hydrogen-bond donors (Lipinski definition) is 13. The summed E-state index contributed by atoms with van der Waals surface area (Å²) in [6.07, 6.45) is -22.8. The van der Waals surface area contributed by atoms with Crippen molar-refractivity contribution >= 4 is 5.97 Å². The summed E-state index contributed by atoms with van der Waals surface area (Å²) in [6, 6.07) is 0. The third-order valence-electron chi connectivity index (χ3n) is 21.4. The minimum Gasteiger partial charge on any atom is -0.432 e. The van der Waals surface area contributed by atoms with Gasteiger partial charge in [0.2, 0.25) is 6.29 Å². The Balaban J connectivity index is 0.985. The molecule has 4 heterocycles. The van der Waals surface area contributed by atoms with Crippen LogP contribution in [0.2, 0.25) is 0 Å². The average molecular weight is 1090 g/mol. The summed E-state index contributed by atoms with van der Waals surface area (Å²) in [7, 11) is 0. The van der Waals surface area contributed by atoms with Gasteiger partial charge in [-0.25, -0.2) is 0 Å². The topological polar surface area (TPSA) is 354 Å². The van der Waals surface area contributed by atoms with Crippen LogP contribution in [0.4, 0.5) is 0 Å². The molecule has 13 N–H and O–H groups in total. The number of allylic oxidation sites excluding steroid dienone is 2. The molecule has 4 saturated heterocycles. The van der Waals surface area contributed by atoms with Crippen molar-refractivity contribution in [3.63, 3.8) is 0 Å². The predicted octanol–water partition coefficient (Wildman–Crippen LogP) is -1.01. The average Bonchev–Trinajstić information content (AvgIpc) is 3.55. The maximum atomic E-state index is 15.6. The van der Waals surface area contributed by atoms with Gasteiger partial charge in [0.15, 0.2) is 25.0 Å². The van der Waals surface area contributed by atoms with E-state index in [0.717, 1.165) is 25.7 Å². The predicted molar refractivity (Wildman–Crippen MR) is 261 cm³/mol. The maximum absolute atomic E-state index is 15.6. The molecule has 0 spiro atoms. The number of carbonyl (C=O) groups is 1. The van der Waals surface area contributed by atoms with Crippen LogP contribution in [0.1, 0.15) is 120 Å². The highest BCUT2D eigenvalue weighted by molar-refractivity contribution is 5.79. The molecule has 0 aromatic carbocycles. The number of fused-ring (bicyclic) bond motifs is 7. The summed E-state index contributed by atoms with van der Waals surface area (Å²) in [5.41, 5.74) is -1.17. The number of aliphatic hydroxyl groups excluding tert-OH is 13. The molecule has 22 nitrogen and oxygen atoms in total. The van der Waals surface area contributed by atoms with E-state index < -0.39 is 159 Å². The van der Waals surface area contributed by atoms with E-state index in [9.17, 15) is 66.4 Å². The summed E-state index contributed by atoms with van der Waals surface area (Å²) >= 11 is 0. The number of esters is 1. The van der Waals surface area contributed by atoms with Gasteiger partial charge in [0.1, 0.15) is 85.5 Å². The normalized spacial score (nSPS) is 54.0. The molecule has 76 heavy (non-hydrogen) atoms. The van der Waals surface area contributed by atoms with Crippen LogP contribution < -0.4 is 0 Å². The molecule has 0 aromatic rings. The van der Waals surface area contributed by atoms with Crippen molar-refractivity contribution in [3.05, 3.63) is 11.6 Å². The molecular weight excluding hydrogens is 1000 g/mol. The number of rotatable bonds is 11. The SMILES string of the molecule is C[C@H]1O[C@H](O[C@@H]2[C@@H](OC(=O)[C@]34CCC(C)(C)C[C@H]3C3=CC[C@@H]5[C@@]6(C)CC[C@H](O[C@@H]7O[C@H](CO)[C@@H](O)[C@H](O)[C@H]7O)C(C)(C)[C@@H]6CC[C@@]5(C)[C@]3(C)CC4)O[C@@H](CO[C@H]3O[C@@H](CO)[C@H](O)[C@@H](O)[C@@H]3O)[C@H](O)[C@H]2O)[C@@H](O)[C@@H](O)[C@@H]1O. The Kier molecular flexibility index (Phi) is 16.6. The van der Waals surface area contributed by atoms with Gasteiger partial charge in [0.05, 0.1) is 37.4 Å². The van der Waals surface area contributed by atoms with Gasteiger partial charge in [-0.1, -0.05) is 60.1 Å². The van der Waals surface area contributed by atoms with Gasteiger partial charge in [0, 0.05) is 0 Å². The van der Waals surface area contributed by atoms with E-state index in [1.54, 1.807) is 0 Å². The zero-order valence-corrected chi connectivity index (χ0v) is 45.1. The minimum atomic E-state index is -1.92. The molecule has 0 unspecified atom stereocenters. The lowest BCUT2D eigenvalue weighted by Crippen LogP contribution is -2.66. The number of ether oxygens (including phenoxy) is 8. The van der Waals surface area contributed by atoms with Gasteiger partial charge in [-0.05, 0) is 116 Å². The second-order valence-corrected chi connectivity index (χ2v) is 26.3. The first-order chi connectivity index (χ1) is 35.5. The summed E-state index contributed by atoms with van der Waals surface area (Å²) in [5, 5.41) is 139. The van der Waals surface area contributed by atoms with Crippen molar-refractivity contribution in [2.75, 3.05) is 19.8 Å². The fourth-order valence-electron chi connectivity index (χ4n) is 16.4. The van der Waals surface area contributed by atoms with Crippen molar-refractivity contribution < 1.29 is 109 Å². The Morgan fingerprint density at radius 3 is 1.76 bits per heavy atom. The van der Waals surface area contributed by atoms with Crippen molar-refractivity contribution in [1.82, 2.24) is 0 Å². The largest absolute Gasteiger partial charge is 0.432 e. The molecule has 22 heteroatoms.